The predicted octanol–water partition coefficient (Wildman–Crippen LogP) is -0.242. The van der Waals surface area contributed by atoms with Crippen molar-refractivity contribution in [2.24, 2.45) is 0 Å². The van der Waals surface area contributed by atoms with Gasteiger partial charge in [-0.1, -0.05) is 12.1 Å². The molecule has 0 bridgehead atoms. The van der Waals surface area contributed by atoms with Crippen LogP contribution in [0.25, 0.3) is 0 Å². The molecule has 0 aliphatic carbocycles. The van der Waals surface area contributed by atoms with E-state index in [1.807, 2.05) is 6.07 Å². The molecule has 0 atom stereocenters. The van der Waals surface area contributed by atoms with Gasteiger partial charge >= 0.3 is 13.1 Å². The first kappa shape index (κ1) is 11.0. The van der Waals surface area contributed by atoms with Crippen LogP contribution in [0.1, 0.15) is 12.0 Å². The summed E-state index contributed by atoms with van der Waals surface area (Å²) in [5.74, 6) is -0.423. The number of benzene rings is 1. The minimum Gasteiger partial charge on any atom is -0.493 e. The summed E-state index contributed by atoms with van der Waals surface area (Å²) in [7, 11) is -0.976. The van der Waals surface area contributed by atoms with Crippen molar-refractivity contribution in [2.45, 2.75) is 13.0 Å². The zero-order valence-electron chi connectivity index (χ0n) is 8.55. The fourth-order valence-electron chi connectivity index (χ4n) is 1.62. The number of hydrogen-bond acceptors (Lipinski definition) is 4. The van der Waals surface area contributed by atoms with Crippen molar-refractivity contribution in [3.05, 3.63) is 23.8 Å². The lowest BCUT2D eigenvalue weighted by Crippen LogP contribution is -2.30. The first-order valence-corrected chi connectivity index (χ1v) is 4.94. The maximum Gasteiger partial charge on any atom is 0.495 e. The molecule has 1 aromatic rings. The van der Waals surface area contributed by atoms with E-state index in [4.69, 9.17) is 14.5 Å². The normalized spacial score (nSPS) is 13.7. The van der Waals surface area contributed by atoms with Gasteiger partial charge in [-0.2, -0.15) is 0 Å². The topological polar surface area (TPSA) is 76.0 Å². The molecule has 5 nitrogen and oxygen atoms in total. The van der Waals surface area contributed by atoms with Crippen molar-refractivity contribution in [1.82, 2.24) is 0 Å². The maximum atomic E-state index is 10.3. The summed E-state index contributed by atoms with van der Waals surface area (Å²) in [6.07, 6.45) is -0.0688. The SMILES string of the molecule is O=C(O)CCOc1cccc2c1B(O)OC2. The van der Waals surface area contributed by atoms with E-state index >= 15 is 0 Å². The molecule has 2 N–H and O–H groups in total. The molecule has 0 amide bonds. The monoisotopic (exact) mass is 222 g/mol. The van der Waals surface area contributed by atoms with Gasteiger partial charge in [0, 0.05) is 5.46 Å². The standard InChI is InChI=1S/C10H11BO5/c12-9(13)4-5-15-8-3-1-2-7-6-16-11(14)10(7)8/h1-3,14H,4-6H2,(H,12,13). The Bertz CT molecular complexity index is 406. The highest BCUT2D eigenvalue weighted by molar-refractivity contribution is 6.62. The van der Waals surface area contributed by atoms with E-state index in [1.165, 1.54) is 0 Å². The third kappa shape index (κ3) is 2.18. The van der Waals surface area contributed by atoms with E-state index in [0.717, 1.165) is 5.56 Å². The number of carboxylic acids is 1. The zero-order valence-corrected chi connectivity index (χ0v) is 8.55. The fraction of sp³-hybridized carbons (Fsp3) is 0.300. The molecule has 0 spiro atoms. The second kappa shape index (κ2) is 4.55. The van der Waals surface area contributed by atoms with Gasteiger partial charge in [0.1, 0.15) is 5.75 Å². The number of ether oxygens (including phenoxy) is 1. The Labute approximate surface area is 92.8 Å². The number of rotatable bonds is 4. The Morgan fingerprint density at radius 1 is 1.56 bits per heavy atom. The van der Waals surface area contributed by atoms with Crippen LogP contribution in [0.3, 0.4) is 0 Å². The Morgan fingerprint density at radius 3 is 3.12 bits per heavy atom. The number of carboxylic acid groups (broad SMARTS) is 1. The molecular weight excluding hydrogens is 211 g/mol. The van der Waals surface area contributed by atoms with E-state index in [9.17, 15) is 9.82 Å². The third-order valence-corrected chi connectivity index (χ3v) is 2.37. The van der Waals surface area contributed by atoms with Crippen LogP contribution in [-0.2, 0) is 16.1 Å². The molecule has 0 aromatic heterocycles. The summed E-state index contributed by atoms with van der Waals surface area (Å²) >= 11 is 0. The summed E-state index contributed by atoms with van der Waals surface area (Å²) in [5.41, 5.74) is 1.48. The van der Waals surface area contributed by atoms with Gasteiger partial charge in [0.25, 0.3) is 0 Å². The molecule has 0 fully saturated rings. The highest BCUT2D eigenvalue weighted by Crippen LogP contribution is 2.18. The minimum atomic E-state index is -0.976. The van der Waals surface area contributed by atoms with Crippen LogP contribution in [0, 0.1) is 0 Å². The molecule has 1 aliphatic rings. The third-order valence-electron chi connectivity index (χ3n) is 2.37. The smallest absolute Gasteiger partial charge is 0.493 e. The van der Waals surface area contributed by atoms with Crippen molar-refractivity contribution >= 4 is 18.6 Å². The highest BCUT2D eigenvalue weighted by atomic mass is 16.5. The summed E-state index contributed by atoms with van der Waals surface area (Å²) in [6.45, 7) is 0.436. The number of fused-ring (bicyclic) bond motifs is 1. The second-order valence-corrected chi connectivity index (χ2v) is 3.48. The Morgan fingerprint density at radius 2 is 2.38 bits per heavy atom. The Kier molecular flexibility index (Phi) is 3.12. The molecule has 1 aromatic carbocycles. The molecule has 0 radical (unpaired) electrons. The second-order valence-electron chi connectivity index (χ2n) is 3.48. The lowest BCUT2D eigenvalue weighted by atomic mass is 9.79. The average Bonchev–Trinajstić information content (AvgIpc) is 2.61. The highest BCUT2D eigenvalue weighted by Gasteiger charge is 2.30. The van der Waals surface area contributed by atoms with E-state index in [0.29, 0.717) is 17.8 Å². The van der Waals surface area contributed by atoms with E-state index in [-0.39, 0.29) is 13.0 Å². The van der Waals surface area contributed by atoms with E-state index in [1.54, 1.807) is 12.1 Å². The molecule has 0 saturated heterocycles. The van der Waals surface area contributed by atoms with Crippen LogP contribution in [0.5, 0.6) is 5.75 Å². The maximum absolute atomic E-state index is 10.3. The molecule has 2 rings (SSSR count). The number of hydrogen-bond donors (Lipinski definition) is 2. The summed E-state index contributed by atoms with van der Waals surface area (Å²) in [5, 5.41) is 18.0. The van der Waals surface area contributed by atoms with Gasteiger partial charge < -0.3 is 19.5 Å². The van der Waals surface area contributed by atoms with Gasteiger partial charge in [0.15, 0.2) is 0 Å². The summed E-state index contributed by atoms with van der Waals surface area (Å²) in [6, 6.07) is 5.32. The van der Waals surface area contributed by atoms with Gasteiger partial charge in [-0.3, -0.25) is 4.79 Å². The first-order valence-electron chi connectivity index (χ1n) is 4.94. The van der Waals surface area contributed by atoms with Gasteiger partial charge in [-0.15, -0.1) is 0 Å². The average molecular weight is 222 g/mol. The van der Waals surface area contributed by atoms with Crippen LogP contribution < -0.4 is 10.2 Å². The van der Waals surface area contributed by atoms with Crippen LogP contribution in [-0.4, -0.2) is 29.8 Å². The Hall–Kier alpha value is -1.53. The number of aliphatic carboxylic acids is 1. The van der Waals surface area contributed by atoms with E-state index in [2.05, 4.69) is 0 Å². The van der Waals surface area contributed by atoms with Crippen LogP contribution in [0.15, 0.2) is 18.2 Å². The number of carbonyl (C=O) groups is 1. The lowest BCUT2D eigenvalue weighted by Gasteiger charge is -2.09. The quantitative estimate of drug-likeness (QED) is 0.687. The van der Waals surface area contributed by atoms with Crippen LogP contribution in [0.2, 0.25) is 0 Å². The van der Waals surface area contributed by atoms with Gasteiger partial charge in [0.05, 0.1) is 19.6 Å². The molecule has 84 valence electrons. The molecule has 0 saturated carbocycles. The molecule has 16 heavy (non-hydrogen) atoms. The van der Waals surface area contributed by atoms with Gasteiger partial charge in [-0.05, 0) is 11.6 Å². The molecule has 1 aliphatic heterocycles. The van der Waals surface area contributed by atoms with Crippen molar-refractivity contribution in [3.63, 3.8) is 0 Å². The van der Waals surface area contributed by atoms with Crippen molar-refractivity contribution < 1.29 is 24.3 Å². The fourth-order valence-corrected chi connectivity index (χ4v) is 1.62. The van der Waals surface area contributed by atoms with E-state index < -0.39 is 13.1 Å². The summed E-state index contributed by atoms with van der Waals surface area (Å²) < 4.78 is 10.4. The van der Waals surface area contributed by atoms with Crippen molar-refractivity contribution in [1.29, 1.82) is 0 Å². The Balaban J connectivity index is 2.10. The first-order chi connectivity index (χ1) is 7.68. The predicted molar refractivity (Wildman–Crippen MR) is 56.6 cm³/mol. The van der Waals surface area contributed by atoms with Gasteiger partial charge in [0.2, 0.25) is 0 Å². The van der Waals surface area contributed by atoms with Crippen LogP contribution in [0.4, 0.5) is 0 Å². The zero-order chi connectivity index (χ0) is 11.5. The lowest BCUT2D eigenvalue weighted by molar-refractivity contribution is -0.137. The molecule has 6 heteroatoms. The van der Waals surface area contributed by atoms with Crippen molar-refractivity contribution in [3.8, 4) is 5.75 Å². The largest absolute Gasteiger partial charge is 0.495 e. The van der Waals surface area contributed by atoms with Gasteiger partial charge in [-0.25, -0.2) is 0 Å². The summed E-state index contributed by atoms with van der Waals surface area (Å²) in [4.78, 5) is 10.3. The molecule has 1 heterocycles. The minimum absolute atomic E-state index is 0.0688. The molecule has 0 unspecified atom stereocenters. The van der Waals surface area contributed by atoms with Crippen molar-refractivity contribution in [2.75, 3.05) is 6.61 Å². The molecular formula is C10H11BO5. The van der Waals surface area contributed by atoms with Crippen LogP contribution >= 0.6 is 0 Å².